The minimum absolute atomic E-state index is 0.0333. The van der Waals surface area contributed by atoms with Gasteiger partial charge in [0.05, 0.1) is 11.1 Å². The lowest BCUT2D eigenvalue weighted by atomic mass is 10.1. The van der Waals surface area contributed by atoms with Gasteiger partial charge in [0, 0.05) is 16.7 Å². The van der Waals surface area contributed by atoms with E-state index < -0.39 is 0 Å². The Hall–Kier alpha value is -1.16. The molecular weight excluding hydrogens is 302 g/mol. The predicted molar refractivity (Wildman–Crippen MR) is 89.2 cm³/mol. The molecule has 2 aromatic rings. The SMILES string of the molecule is NC(CSc1ccccc1Cl)c1cccc(OC2CC2)c1. The molecule has 1 unspecified atom stereocenters. The molecule has 1 aliphatic rings. The molecule has 0 saturated heterocycles. The summed E-state index contributed by atoms with van der Waals surface area (Å²) in [6, 6.07) is 15.9. The average molecular weight is 320 g/mol. The van der Waals surface area contributed by atoms with E-state index in [1.54, 1.807) is 11.8 Å². The molecule has 4 heteroatoms. The second-order valence-electron chi connectivity index (χ2n) is 5.24. The van der Waals surface area contributed by atoms with E-state index in [0.717, 1.165) is 27.0 Å². The number of hydrogen-bond donors (Lipinski definition) is 1. The number of rotatable bonds is 6. The average Bonchev–Trinajstić information content (AvgIpc) is 3.30. The van der Waals surface area contributed by atoms with Gasteiger partial charge in [-0.3, -0.25) is 0 Å². The molecule has 1 atom stereocenters. The smallest absolute Gasteiger partial charge is 0.120 e. The minimum Gasteiger partial charge on any atom is -0.490 e. The molecule has 110 valence electrons. The van der Waals surface area contributed by atoms with Crippen molar-refractivity contribution in [3.63, 3.8) is 0 Å². The van der Waals surface area contributed by atoms with Gasteiger partial charge in [-0.25, -0.2) is 0 Å². The van der Waals surface area contributed by atoms with E-state index in [-0.39, 0.29) is 6.04 Å². The van der Waals surface area contributed by atoms with Crippen LogP contribution < -0.4 is 10.5 Å². The maximum atomic E-state index is 6.29. The van der Waals surface area contributed by atoms with Gasteiger partial charge >= 0.3 is 0 Å². The predicted octanol–water partition coefficient (Wildman–Crippen LogP) is 4.67. The zero-order valence-corrected chi connectivity index (χ0v) is 13.2. The van der Waals surface area contributed by atoms with Crippen LogP contribution in [0.1, 0.15) is 24.4 Å². The summed E-state index contributed by atoms with van der Waals surface area (Å²) in [5.74, 6) is 1.71. The molecule has 2 aromatic carbocycles. The molecule has 0 aliphatic heterocycles. The van der Waals surface area contributed by atoms with Crippen LogP contribution in [0.25, 0.3) is 0 Å². The lowest BCUT2D eigenvalue weighted by molar-refractivity contribution is 0.303. The van der Waals surface area contributed by atoms with Crippen LogP contribution >= 0.6 is 23.4 Å². The largest absolute Gasteiger partial charge is 0.490 e. The van der Waals surface area contributed by atoms with Gasteiger partial charge in [-0.2, -0.15) is 0 Å². The van der Waals surface area contributed by atoms with E-state index in [0.29, 0.717) is 6.10 Å². The number of hydrogen-bond acceptors (Lipinski definition) is 3. The highest BCUT2D eigenvalue weighted by molar-refractivity contribution is 7.99. The van der Waals surface area contributed by atoms with Crippen molar-refractivity contribution in [3.8, 4) is 5.75 Å². The summed E-state index contributed by atoms with van der Waals surface area (Å²) in [7, 11) is 0. The fourth-order valence-corrected chi connectivity index (χ4v) is 3.27. The van der Waals surface area contributed by atoms with E-state index in [1.807, 2.05) is 36.4 Å². The van der Waals surface area contributed by atoms with Crippen molar-refractivity contribution < 1.29 is 4.74 Å². The summed E-state index contributed by atoms with van der Waals surface area (Å²) in [6.45, 7) is 0. The molecule has 0 bridgehead atoms. The Balaban J connectivity index is 1.62. The maximum Gasteiger partial charge on any atom is 0.120 e. The van der Waals surface area contributed by atoms with Crippen LogP contribution in [0.15, 0.2) is 53.4 Å². The molecule has 1 aliphatic carbocycles. The van der Waals surface area contributed by atoms with Crippen LogP contribution in [0.2, 0.25) is 5.02 Å². The molecule has 0 amide bonds. The number of ether oxygens (including phenoxy) is 1. The van der Waals surface area contributed by atoms with Gasteiger partial charge in [-0.05, 0) is 42.7 Å². The molecule has 2 N–H and O–H groups in total. The first-order valence-corrected chi connectivity index (χ1v) is 8.48. The monoisotopic (exact) mass is 319 g/mol. The molecule has 0 heterocycles. The lowest BCUT2D eigenvalue weighted by Crippen LogP contribution is -2.13. The van der Waals surface area contributed by atoms with Crippen molar-refractivity contribution in [1.29, 1.82) is 0 Å². The van der Waals surface area contributed by atoms with Gasteiger partial charge < -0.3 is 10.5 Å². The van der Waals surface area contributed by atoms with Gasteiger partial charge in [0.15, 0.2) is 0 Å². The standard InChI is InChI=1S/C17H18ClNOS/c18-15-6-1-2-7-17(15)21-11-16(19)12-4-3-5-14(10-12)20-13-8-9-13/h1-7,10,13,16H,8-9,11,19H2. The Morgan fingerprint density at radius 3 is 2.76 bits per heavy atom. The summed E-state index contributed by atoms with van der Waals surface area (Å²) >= 11 is 7.85. The summed E-state index contributed by atoms with van der Waals surface area (Å²) in [5.41, 5.74) is 7.39. The number of thioether (sulfide) groups is 1. The third kappa shape index (κ3) is 4.16. The molecular formula is C17H18ClNOS. The Labute approximate surface area is 134 Å². The van der Waals surface area contributed by atoms with Crippen LogP contribution in [0.3, 0.4) is 0 Å². The molecule has 1 fully saturated rings. The van der Waals surface area contributed by atoms with E-state index >= 15 is 0 Å². The van der Waals surface area contributed by atoms with E-state index in [9.17, 15) is 0 Å². The van der Waals surface area contributed by atoms with Gasteiger partial charge in [-0.1, -0.05) is 35.9 Å². The number of nitrogens with two attached hydrogens (primary N) is 1. The Kier molecular flexibility index (Phi) is 4.73. The molecule has 2 nitrogen and oxygen atoms in total. The van der Waals surface area contributed by atoms with Gasteiger partial charge in [0.1, 0.15) is 5.75 Å². The van der Waals surface area contributed by atoms with E-state index in [4.69, 9.17) is 22.1 Å². The maximum absolute atomic E-state index is 6.29. The van der Waals surface area contributed by atoms with Crippen molar-refractivity contribution >= 4 is 23.4 Å². The van der Waals surface area contributed by atoms with Crippen molar-refractivity contribution in [2.75, 3.05) is 5.75 Å². The summed E-state index contributed by atoms with van der Waals surface area (Å²) in [6.07, 6.45) is 2.74. The third-order valence-electron chi connectivity index (χ3n) is 3.37. The van der Waals surface area contributed by atoms with Crippen molar-refractivity contribution in [2.24, 2.45) is 5.73 Å². The van der Waals surface area contributed by atoms with Crippen molar-refractivity contribution in [2.45, 2.75) is 29.9 Å². The number of halogens is 1. The molecule has 0 aromatic heterocycles. The Bertz CT molecular complexity index is 615. The highest BCUT2D eigenvalue weighted by atomic mass is 35.5. The molecule has 0 radical (unpaired) electrons. The zero-order chi connectivity index (χ0) is 14.7. The molecule has 21 heavy (non-hydrogen) atoms. The van der Waals surface area contributed by atoms with Gasteiger partial charge in [-0.15, -0.1) is 11.8 Å². The highest BCUT2D eigenvalue weighted by Crippen LogP contribution is 2.31. The first-order chi connectivity index (χ1) is 10.2. The first-order valence-electron chi connectivity index (χ1n) is 7.12. The molecule has 3 rings (SSSR count). The highest BCUT2D eigenvalue weighted by Gasteiger charge is 2.23. The van der Waals surface area contributed by atoms with Crippen LogP contribution in [-0.4, -0.2) is 11.9 Å². The van der Waals surface area contributed by atoms with Crippen molar-refractivity contribution in [1.82, 2.24) is 0 Å². The van der Waals surface area contributed by atoms with Crippen molar-refractivity contribution in [3.05, 3.63) is 59.1 Å². The first kappa shape index (κ1) is 14.8. The molecule has 1 saturated carbocycles. The number of benzene rings is 2. The minimum atomic E-state index is -0.0333. The topological polar surface area (TPSA) is 35.2 Å². The lowest BCUT2D eigenvalue weighted by Gasteiger charge is -2.14. The van der Waals surface area contributed by atoms with Crippen LogP contribution in [0.5, 0.6) is 5.75 Å². The molecule has 0 spiro atoms. The van der Waals surface area contributed by atoms with Gasteiger partial charge in [0.25, 0.3) is 0 Å². The summed E-state index contributed by atoms with van der Waals surface area (Å²) in [4.78, 5) is 1.07. The third-order valence-corrected chi connectivity index (χ3v) is 5.00. The Morgan fingerprint density at radius 2 is 2.00 bits per heavy atom. The normalized spacial score (nSPS) is 15.7. The summed E-state index contributed by atoms with van der Waals surface area (Å²) in [5, 5.41) is 0.778. The van der Waals surface area contributed by atoms with Crippen LogP contribution in [0, 0.1) is 0 Å². The fourth-order valence-electron chi connectivity index (χ4n) is 2.03. The second-order valence-corrected chi connectivity index (χ2v) is 6.71. The second kappa shape index (κ2) is 6.73. The van der Waals surface area contributed by atoms with Crippen LogP contribution in [-0.2, 0) is 0 Å². The van der Waals surface area contributed by atoms with E-state index in [2.05, 4.69) is 12.1 Å². The van der Waals surface area contributed by atoms with Crippen LogP contribution in [0.4, 0.5) is 0 Å². The summed E-state index contributed by atoms with van der Waals surface area (Å²) < 4.78 is 5.81. The van der Waals surface area contributed by atoms with Gasteiger partial charge in [0.2, 0.25) is 0 Å². The van der Waals surface area contributed by atoms with E-state index in [1.165, 1.54) is 12.8 Å². The zero-order valence-electron chi connectivity index (χ0n) is 11.7. The quantitative estimate of drug-likeness (QED) is 0.786. The Morgan fingerprint density at radius 1 is 1.19 bits per heavy atom. The fraction of sp³-hybridized carbons (Fsp3) is 0.294.